The zero-order valence-corrected chi connectivity index (χ0v) is 48.0. The van der Waals surface area contributed by atoms with E-state index in [0.717, 1.165) is 77.0 Å². The van der Waals surface area contributed by atoms with E-state index < -0.39 is 6.10 Å². The number of carbonyl (C=O) groups is 3. The lowest BCUT2D eigenvalue weighted by molar-refractivity contribution is -0.167. The molecule has 0 aromatic rings. The van der Waals surface area contributed by atoms with Crippen LogP contribution in [-0.4, -0.2) is 37.2 Å². The van der Waals surface area contributed by atoms with Crippen molar-refractivity contribution in [2.75, 3.05) is 13.2 Å². The molecule has 0 spiro atoms. The Morgan fingerprint density at radius 1 is 0.268 bits per heavy atom. The average molecular weight is 1000 g/mol. The molecule has 0 aliphatic rings. The lowest BCUT2D eigenvalue weighted by Crippen LogP contribution is -2.30. The van der Waals surface area contributed by atoms with Gasteiger partial charge in [0.1, 0.15) is 13.2 Å². The lowest BCUT2D eigenvalue weighted by Gasteiger charge is -2.18. The molecule has 0 saturated heterocycles. The smallest absolute Gasteiger partial charge is 0.306 e. The summed E-state index contributed by atoms with van der Waals surface area (Å²) >= 11 is 0. The molecule has 0 aromatic carbocycles. The van der Waals surface area contributed by atoms with Gasteiger partial charge in [-0.05, 0) is 64.2 Å². The van der Waals surface area contributed by atoms with Gasteiger partial charge < -0.3 is 14.2 Å². The summed E-state index contributed by atoms with van der Waals surface area (Å²) in [6.45, 7) is 6.60. The molecule has 0 aliphatic carbocycles. The Morgan fingerprint density at radius 3 is 0.761 bits per heavy atom. The van der Waals surface area contributed by atoms with E-state index in [2.05, 4.69) is 45.1 Å². The standard InChI is InChI=1S/C65H122O6/c1-4-7-10-13-16-19-22-23-24-25-26-27-28-29-30-31-32-33-34-35-36-37-38-39-40-41-42-43-44-47-49-52-55-58-64(67)70-61-62(71-65(68)59-56-53-50-46-21-18-15-12-9-6-3)60-69-63(66)57-54-51-48-45-20-17-14-11-8-5-2/h12,15,25-26,62H,4-11,13-14,16-24,27-61H2,1-3H3/b15-12-,26-25-. The van der Waals surface area contributed by atoms with Crippen LogP contribution in [0.5, 0.6) is 0 Å². The average Bonchev–Trinajstić information content (AvgIpc) is 3.37. The maximum Gasteiger partial charge on any atom is 0.306 e. The Labute approximate surface area is 443 Å². The Bertz CT molecular complexity index is 1150. The fourth-order valence-electron chi connectivity index (χ4n) is 9.62. The minimum absolute atomic E-state index is 0.0695. The van der Waals surface area contributed by atoms with Gasteiger partial charge in [-0.3, -0.25) is 14.4 Å². The first-order valence-corrected chi connectivity index (χ1v) is 31.8. The number of hydrogen-bond acceptors (Lipinski definition) is 6. The molecule has 0 bridgehead atoms. The second-order valence-electron chi connectivity index (χ2n) is 21.7. The Morgan fingerprint density at radius 2 is 0.493 bits per heavy atom. The molecule has 6 nitrogen and oxygen atoms in total. The summed E-state index contributed by atoms with van der Waals surface area (Å²) in [5, 5.41) is 0. The molecular formula is C65H122O6. The molecule has 0 rings (SSSR count). The predicted molar refractivity (Wildman–Crippen MR) is 307 cm³/mol. The van der Waals surface area contributed by atoms with Crippen LogP contribution in [0.2, 0.25) is 0 Å². The molecule has 0 heterocycles. The summed E-state index contributed by atoms with van der Waals surface area (Å²) in [5.74, 6) is -0.863. The van der Waals surface area contributed by atoms with E-state index >= 15 is 0 Å². The fraction of sp³-hybridized carbons (Fsp3) is 0.892. The zero-order valence-electron chi connectivity index (χ0n) is 48.0. The van der Waals surface area contributed by atoms with Crippen LogP contribution in [0.25, 0.3) is 0 Å². The van der Waals surface area contributed by atoms with E-state index in [0.29, 0.717) is 19.3 Å². The third-order valence-corrected chi connectivity index (χ3v) is 14.4. The van der Waals surface area contributed by atoms with Gasteiger partial charge in [0.2, 0.25) is 0 Å². The molecule has 0 aromatic heterocycles. The molecule has 0 aliphatic heterocycles. The summed E-state index contributed by atoms with van der Waals surface area (Å²) in [5.41, 5.74) is 0. The first-order valence-electron chi connectivity index (χ1n) is 31.8. The number of carbonyl (C=O) groups excluding carboxylic acids is 3. The van der Waals surface area contributed by atoms with E-state index in [-0.39, 0.29) is 31.1 Å². The Kier molecular flexibility index (Phi) is 58.6. The Balaban J connectivity index is 3.92. The van der Waals surface area contributed by atoms with Crippen molar-refractivity contribution in [3.63, 3.8) is 0 Å². The number of ether oxygens (including phenoxy) is 3. The van der Waals surface area contributed by atoms with E-state index in [1.54, 1.807) is 0 Å². The highest BCUT2D eigenvalue weighted by molar-refractivity contribution is 5.71. The molecule has 0 radical (unpaired) electrons. The Hall–Kier alpha value is -2.11. The molecule has 0 amide bonds. The third kappa shape index (κ3) is 58.7. The first-order chi connectivity index (χ1) is 35.0. The van der Waals surface area contributed by atoms with Gasteiger partial charge in [-0.2, -0.15) is 0 Å². The molecule has 1 unspecified atom stereocenters. The van der Waals surface area contributed by atoms with E-state index in [1.165, 1.54) is 238 Å². The SMILES string of the molecule is CCC/C=C\CCCCCCCC(=O)OC(COC(=O)CCCCCCCCCCCC)COC(=O)CCCCCCCCCCCCCCCCCCCCCCC/C=C\CCCCCCCCCC. The molecule has 0 N–H and O–H groups in total. The van der Waals surface area contributed by atoms with E-state index in [9.17, 15) is 14.4 Å². The highest BCUT2D eigenvalue weighted by Crippen LogP contribution is 2.18. The van der Waals surface area contributed by atoms with Gasteiger partial charge in [0.05, 0.1) is 0 Å². The van der Waals surface area contributed by atoms with Gasteiger partial charge in [-0.1, -0.05) is 295 Å². The summed E-state index contributed by atoms with van der Waals surface area (Å²) in [7, 11) is 0. The van der Waals surface area contributed by atoms with Crippen LogP contribution in [-0.2, 0) is 28.6 Å². The number of rotatable bonds is 59. The number of esters is 3. The topological polar surface area (TPSA) is 78.9 Å². The van der Waals surface area contributed by atoms with Crippen LogP contribution in [0, 0.1) is 0 Å². The van der Waals surface area contributed by atoms with Crippen molar-refractivity contribution in [3.05, 3.63) is 24.3 Å². The zero-order chi connectivity index (χ0) is 51.4. The van der Waals surface area contributed by atoms with Crippen LogP contribution in [0.4, 0.5) is 0 Å². The van der Waals surface area contributed by atoms with Crippen molar-refractivity contribution in [2.24, 2.45) is 0 Å². The fourth-order valence-corrected chi connectivity index (χ4v) is 9.62. The highest BCUT2D eigenvalue weighted by Gasteiger charge is 2.19. The van der Waals surface area contributed by atoms with Crippen LogP contribution in [0.15, 0.2) is 24.3 Å². The van der Waals surface area contributed by atoms with Gasteiger partial charge in [-0.25, -0.2) is 0 Å². The molecule has 71 heavy (non-hydrogen) atoms. The van der Waals surface area contributed by atoms with E-state index in [4.69, 9.17) is 14.2 Å². The molecular weight excluding hydrogens is 877 g/mol. The van der Waals surface area contributed by atoms with Crippen molar-refractivity contribution in [1.82, 2.24) is 0 Å². The summed E-state index contributed by atoms with van der Waals surface area (Å²) in [6.07, 6.45) is 72.3. The summed E-state index contributed by atoms with van der Waals surface area (Å²) in [6, 6.07) is 0. The van der Waals surface area contributed by atoms with Crippen molar-refractivity contribution in [3.8, 4) is 0 Å². The number of hydrogen-bond donors (Lipinski definition) is 0. The van der Waals surface area contributed by atoms with Crippen molar-refractivity contribution in [2.45, 2.75) is 361 Å². The normalized spacial score (nSPS) is 12.1. The van der Waals surface area contributed by atoms with Crippen LogP contribution in [0.3, 0.4) is 0 Å². The van der Waals surface area contributed by atoms with Gasteiger partial charge in [-0.15, -0.1) is 0 Å². The van der Waals surface area contributed by atoms with Gasteiger partial charge >= 0.3 is 17.9 Å². The molecule has 0 saturated carbocycles. The third-order valence-electron chi connectivity index (χ3n) is 14.4. The van der Waals surface area contributed by atoms with Crippen molar-refractivity contribution < 1.29 is 28.6 Å². The van der Waals surface area contributed by atoms with E-state index in [1.807, 2.05) is 0 Å². The molecule has 1 atom stereocenters. The van der Waals surface area contributed by atoms with Gasteiger partial charge in [0.25, 0.3) is 0 Å². The molecule has 418 valence electrons. The summed E-state index contributed by atoms with van der Waals surface area (Å²) < 4.78 is 16.8. The minimum Gasteiger partial charge on any atom is -0.462 e. The highest BCUT2D eigenvalue weighted by atomic mass is 16.6. The maximum absolute atomic E-state index is 12.8. The van der Waals surface area contributed by atoms with Crippen LogP contribution >= 0.6 is 0 Å². The second-order valence-corrected chi connectivity index (χ2v) is 21.7. The number of allylic oxidation sites excluding steroid dienone is 4. The predicted octanol–water partition coefficient (Wildman–Crippen LogP) is 21.4. The van der Waals surface area contributed by atoms with Crippen molar-refractivity contribution in [1.29, 1.82) is 0 Å². The summed E-state index contributed by atoms with van der Waals surface area (Å²) in [4.78, 5) is 38.0. The van der Waals surface area contributed by atoms with Gasteiger partial charge in [0.15, 0.2) is 6.10 Å². The second kappa shape index (κ2) is 60.4. The number of unbranched alkanes of at least 4 members (excludes halogenated alkanes) is 44. The minimum atomic E-state index is -0.769. The lowest BCUT2D eigenvalue weighted by atomic mass is 10.0. The quantitative estimate of drug-likeness (QED) is 0.0261. The van der Waals surface area contributed by atoms with Crippen LogP contribution < -0.4 is 0 Å². The van der Waals surface area contributed by atoms with Crippen LogP contribution in [0.1, 0.15) is 355 Å². The van der Waals surface area contributed by atoms with Gasteiger partial charge in [0, 0.05) is 19.3 Å². The van der Waals surface area contributed by atoms with Crippen molar-refractivity contribution >= 4 is 17.9 Å². The molecule has 0 fully saturated rings. The maximum atomic E-state index is 12.8. The largest absolute Gasteiger partial charge is 0.462 e. The molecule has 6 heteroatoms. The first kappa shape index (κ1) is 68.9. The monoisotopic (exact) mass is 999 g/mol.